The van der Waals surface area contributed by atoms with Crippen LogP contribution in [-0.2, 0) is 4.74 Å². The van der Waals surface area contributed by atoms with Crippen molar-refractivity contribution in [2.45, 2.75) is 91.5 Å². The van der Waals surface area contributed by atoms with E-state index in [2.05, 4.69) is 72.9 Å². The molecule has 3 nitrogen and oxygen atoms in total. The molecule has 2 N–H and O–H groups in total. The first-order valence-corrected chi connectivity index (χ1v) is 7.51. The highest BCUT2D eigenvalue weighted by Gasteiger charge is 2.29. The Morgan fingerprint density at radius 1 is 0.842 bits per heavy atom. The minimum Gasteiger partial charge on any atom is -0.373 e. The smallest absolute Gasteiger partial charge is 0.0647 e. The van der Waals surface area contributed by atoms with Gasteiger partial charge in [0.2, 0.25) is 0 Å². The molecule has 0 rings (SSSR count). The van der Waals surface area contributed by atoms with Crippen molar-refractivity contribution in [2.24, 2.45) is 0 Å². The van der Waals surface area contributed by atoms with Gasteiger partial charge in [-0.1, -0.05) is 0 Å². The average molecular weight is 272 g/mol. The Bertz CT molecular complexity index is 252. The molecule has 0 heterocycles. The molecule has 0 aliphatic heterocycles. The predicted octanol–water partition coefficient (Wildman–Crippen LogP) is 3.34. The van der Waals surface area contributed by atoms with Gasteiger partial charge in [0.05, 0.1) is 11.7 Å². The monoisotopic (exact) mass is 272 g/mol. The Morgan fingerprint density at radius 3 is 1.74 bits per heavy atom. The van der Waals surface area contributed by atoms with E-state index in [9.17, 15) is 0 Å². The van der Waals surface area contributed by atoms with Crippen LogP contribution in [0.15, 0.2) is 0 Å². The molecule has 0 aliphatic rings. The predicted molar refractivity (Wildman–Crippen MR) is 84.8 cm³/mol. The fraction of sp³-hybridized carbons (Fsp3) is 1.00. The number of hydrogen-bond donors (Lipinski definition) is 2. The van der Waals surface area contributed by atoms with Gasteiger partial charge < -0.3 is 15.4 Å². The highest BCUT2D eigenvalue weighted by atomic mass is 16.5. The second-order valence-electron chi connectivity index (χ2n) is 8.09. The molecule has 0 aliphatic carbocycles. The zero-order valence-electron chi connectivity index (χ0n) is 14.6. The van der Waals surface area contributed by atoms with Crippen molar-refractivity contribution >= 4 is 0 Å². The van der Waals surface area contributed by atoms with Crippen molar-refractivity contribution in [3.63, 3.8) is 0 Å². The van der Waals surface area contributed by atoms with E-state index < -0.39 is 0 Å². The van der Waals surface area contributed by atoms with Gasteiger partial charge in [-0.05, 0) is 68.7 Å². The van der Waals surface area contributed by atoms with Crippen molar-refractivity contribution in [1.82, 2.24) is 10.6 Å². The highest BCUT2D eigenvalue weighted by Crippen LogP contribution is 2.24. The van der Waals surface area contributed by atoms with Crippen LogP contribution in [-0.4, -0.2) is 35.9 Å². The van der Waals surface area contributed by atoms with Gasteiger partial charge in [0, 0.05) is 24.2 Å². The first-order valence-electron chi connectivity index (χ1n) is 7.51. The van der Waals surface area contributed by atoms with E-state index in [1.54, 1.807) is 0 Å². The molecular weight excluding hydrogens is 236 g/mol. The maximum atomic E-state index is 5.98. The second-order valence-corrected chi connectivity index (χ2v) is 8.09. The molecule has 19 heavy (non-hydrogen) atoms. The lowest BCUT2D eigenvalue weighted by Crippen LogP contribution is -2.49. The third-order valence-corrected chi connectivity index (χ3v) is 2.81. The summed E-state index contributed by atoms with van der Waals surface area (Å²) in [5.41, 5.74) is 0.173. The zero-order valence-corrected chi connectivity index (χ0v) is 14.6. The maximum Gasteiger partial charge on any atom is 0.0647 e. The largest absolute Gasteiger partial charge is 0.373 e. The van der Waals surface area contributed by atoms with Crippen LogP contribution in [0.5, 0.6) is 0 Å². The summed E-state index contributed by atoms with van der Waals surface area (Å²) in [6, 6.07) is 0. The minimum atomic E-state index is -0.0951. The van der Waals surface area contributed by atoms with Crippen molar-refractivity contribution in [1.29, 1.82) is 0 Å². The fourth-order valence-electron chi connectivity index (χ4n) is 2.64. The lowest BCUT2D eigenvalue weighted by molar-refractivity contribution is -0.0720. The molecule has 0 spiro atoms. The molecular formula is C16H36N2O. The van der Waals surface area contributed by atoms with E-state index in [4.69, 9.17) is 4.74 Å². The molecule has 0 atom stereocenters. The summed E-state index contributed by atoms with van der Waals surface area (Å²) >= 11 is 0. The molecule has 0 fully saturated rings. The molecule has 0 bridgehead atoms. The van der Waals surface area contributed by atoms with E-state index in [1.165, 1.54) is 0 Å². The SMILES string of the molecule is CC(C)OC(C)(C)CC(C)(C)NCCNC(C)(C)C. The van der Waals surface area contributed by atoms with Crippen LogP contribution in [0.25, 0.3) is 0 Å². The maximum absolute atomic E-state index is 5.98. The molecule has 0 aromatic heterocycles. The molecule has 0 aromatic rings. The van der Waals surface area contributed by atoms with Crippen LogP contribution in [0.2, 0.25) is 0 Å². The Morgan fingerprint density at radius 2 is 1.32 bits per heavy atom. The van der Waals surface area contributed by atoms with E-state index in [-0.39, 0.29) is 22.8 Å². The molecule has 0 aromatic carbocycles. The van der Waals surface area contributed by atoms with Crippen LogP contribution in [0, 0.1) is 0 Å². The van der Waals surface area contributed by atoms with Gasteiger partial charge in [-0.3, -0.25) is 0 Å². The Labute approximate surface area is 120 Å². The van der Waals surface area contributed by atoms with Gasteiger partial charge in [-0.25, -0.2) is 0 Å². The lowest BCUT2D eigenvalue weighted by atomic mass is 9.89. The fourth-order valence-corrected chi connectivity index (χ4v) is 2.64. The van der Waals surface area contributed by atoms with Gasteiger partial charge in [0.1, 0.15) is 0 Å². The van der Waals surface area contributed by atoms with Gasteiger partial charge in [-0.15, -0.1) is 0 Å². The Hall–Kier alpha value is -0.120. The quantitative estimate of drug-likeness (QED) is 0.665. The summed E-state index contributed by atoms with van der Waals surface area (Å²) in [5.74, 6) is 0. The number of hydrogen-bond acceptors (Lipinski definition) is 3. The Balaban J connectivity index is 4.10. The van der Waals surface area contributed by atoms with Crippen LogP contribution >= 0.6 is 0 Å². The number of ether oxygens (including phenoxy) is 1. The topological polar surface area (TPSA) is 33.3 Å². The molecule has 0 unspecified atom stereocenters. The van der Waals surface area contributed by atoms with E-state index in [1.807, 2.05) is 0 Å². The normalized spacial score (nSPS) is 14.2. The molecule has 116 valence electrons. The standard InChI is InChI=1S/C16H36N2O/c1-13(2)19-16(8,9)12-15(6,7)18-11-10-17-14(3,4)5/h13,17-18H,10-12H2,1-9H3. The van der Waals surface area contributed by atoms with Gasteiger partial charge >= 0.3 is 0 Å². The van der Waals surface area contributed by atoms with Gasteiger partial charge in [-0.2, -0.15) is 0 Å². The molecule has 0 saturated heterocycles. The van der Waals surface area contributed by atoms with Gasteiger partial charge in [0.25, 0.3) is 0 Å². The van der Waals surface area contributed by atoms with Crippen LogP contribution in [0.4, 0.5) is 0 Å². The number of nitrogens with one attached hydrogen (secondary N) is 2. The summed E-state index contributed by atoms with van der Waals surface area (Å²) in [6.45, 7) is 21.6. The summed E-state index contributed by atoms with van der Waals surface area (Å²) in [4.78, 5) is 0. The third kappa shape index (κ3) is 11.4. The summed E-state index contributed by atoms with van der Waals surface area (Å²) < 4.78 is 5.98. The molecule has 0 saturated carbocycles. The zero-order chi connectivity index (χ0) is 15.3. The molecule has 3 heteroatoms. The van der Waals surface area contributed by atoms with Crippen LogP contribution in [0.1, 0.15) is 68.7 Å². The van der Waals surface area contributed by atoms with Crippen molar-refractivity contribution in [3.05, 3.63) is 0 Å². The molecule has 0 radical (unpaired) electrons. The van der Waals surface area contributed by atoms with Gasteiger partial charge in [0.15, 0.2) is 0 Å². The first kappa shape index (κ1) is 18.9. The van der Waals surface area contributed by atoms with Crippen molar-refractivity contribution < 1.29 is 4.74 Å². The van der Waals surface area contributed by atoms with Crippen LogP contribution in [0.3, 0.4) is 0 Å². The first-order chi connectivity index (χ1) is 8.33. The summed E-state index contributed by atoms with van der Waals surface area (Å²) in [7, 11) is 0. The highest BCUT2D eigenvalue weighted by molar-refractivity contribution is 4.87. The van der Waals surface area contributed by atoms with Crippen molar-refractivity contribution in [2.75, 3.05) is 13.1 Å². The lowest BCUT2D eigenvalue weighted by Gasteiger charge is -2.37. The third-order valence-electron chi connectivity index (χ3n) is 2.81. The van der Waals surface area contributed by atoms with E-state index in [0.717, 1.165) is 19.5 Å². The average Bonchev–Trinajstić information content (AvgIpc) is 2.06. The molecule has 0 amide bonds. The minimum absolute atomic E-state index is 0.0813. The summed E-state index contributed by atoms with van der Waals surface area (Å²) in [6.07, 6.45) is 1.27. The van der Waals surface area contributed by atoms with E-state index in [0.29, 0.717) is 0 Å². The van der Waals surface area contributed by atoms with Crippen molar-refractivity contribution in [3.8, 4) is 0 Å². The Kier molecular flexibility index (Phi) is 7.01. The number of rotatable bonds is 8. The van der Waals surface area contributed by atoms with E-state index >= 15 is 0 Å². The second kappa shape index (κ2) is 7.05. The van der Waals surface area contributed by atoms with Crippen LogP contribution < -0.4 is 10.6 Å². The summed E-state index contributed by atoms with van der Waals surface area (Å²) in [5, 5.41) is 7.11.